The number of hydrogen-bond donors (Lipinski definition) is 3. The fraction of sp³-hybridized carbons (Fsp3) is 0.150. The van der Waals surface area contributed by atoms with Gasteiger partial charge in [-0.2, -0.15) is 5.10 Å². The van der Waals surface area contributed by atoms with E-state index in [2.05, 4.69) is 10.5 Å². The maximum absolute atomic E-state index is 12.0. The van der Waals surface area contributed by atoms with E-state index in [9.17, 15) is 14.7 Å². The summed E-state index contributed by atoms with van der Waals surface area (Å²) < 4.78 is 1.92. The minimum Gasteiger partial charge on any atom is -0.378 e. The Balaban J connectivity index is 1.74. The summed E-state index contributed by atoms with van der Waals surface area (Å²) in [5.41, 5.74) is 9.80. The number of nitrogens with two attached hydrogens (primary N) is 1. The zero-order chi connectivity index (χ0) is 19.2. The van der Waals surface area contributed by atoms with Gasteiger partial charge in [0.25, 0.3) is 5.91 Å². The summed E-state index contributed by atoms with van der Waals surface area (Å²) in [4.78, 5) is 23.1. The predicted octanol–water partition coefficient (Wildman–Crippen LogP) is 1.70. The third kappa shape index (κ3) is 4.39. The number of para-hydroxylation sites is 1. The lowest BCUT2D eigenvalue weighted by atomic mass is 10.1. The van der Waals surface area contributed by atoms with Crippen LogP contribution in [0.1, 0.15) is 23.7 Å². The molecule has 1 atom stereocenters. The number of rotatable bonds is 7. The number of carbonyl (C=O) groups excluding carboxylic acids is 2. The Labute approximate surface area is 156 Å². The van der Waals surface area contributed by atoms with E-state index in [0.29, 0.717) is 12.1 Å². The number of hydrazone groups is 1. The van der Waals surface area contributed by atoms with Crippen LogP contribution in [0.4, 0.5) is 0 Å². The Kier molecular flexibility index (Phi) is 5.63. The van der Waals surface area contributed by atoms with Gasteiger partial charge in [0.05, 0.1) is 6.21 Å². The number of benzene rings is 2. The maximum Gasteiger partial charge on any atom is 0.273 e. The molecule has 1 aromatic heterocycles. The van der Waals surface area contributed by atoms with E-state index in [0.717, 1.165) is 16.5 Å². The number of carbonyl (C=O) groups is 2. The average molecular weight is 364 g/mol. The summed E-state index contributed by atoms with van der Waals surface area (Å²) in [5, 5.41) is 14.9. The number of aromatic nitrogens is 1. The zero-order valence-electron chi connectivity index (χ0n) is 14.6. The van der Waals surface area contributed by atoms with Crippen LogP contribution in [0.5, 0.6) is 0 Å². The van der Waals surface area contributed by atoms with Gasteiger partial charge in [-0.1, -0.05) is 48.5 Å². The lowest BCUT2D eigenvalue weighted by Crippen LogP contribution is -2.25. The van der Waals surface area contributed by atoms with Gasteiger partial charge in [0, 0.05) is 35.6 Å². The van der Waals surface area contributed by atoms with Gasteiger partial charge in [0.15, 0.2) is 6.10 Å². The molecule has 0 aliphatic heterocycles. The monoisotopic (exact) mass is 364 g/mol. The van der Waals surface area contributed by atoms with Gasteiger partial charge in [-0.3, -0.25) is 9.59 Å². The molecular formula is C20H20N4O3. The van der Waals surface area contributed by atoms with E-state index < -0.39 is 12.0 Å². The zero-order valence-corrected chi connectivity index (χ0v) is 14.6. The van der Waals surface area contributed by atoms with Crippen molar-refractivity contribution in [1.82, 2.24) is 9.99 Å². The van der Waals surface area contributed by atoms with Crippen LogP contribution in [0.15, 0.2) is 65.9 Å². The van der Waals surface area contributed by atoms with E-state index in [1.165, 1.54) is 6.21 Å². The van der Waals surface area contributed by atoms with Gasteiger partial charge >= 0.3 is 0 Å². The van der Waals surface area contributed by atoms with E-state index in [1.54, 1.807) is 30.3 Å². The molecule has 0 aliphatic rings. The van der Waals surface area contributed by atoms with Crippen LogP contribution in [0.2, 0.25) is 0 Å². The molecule has 0 spiro atoms. The SMILES string of the molecule is NC(=O)CCn1cc(/C=N\NC(=O)[C@H](O)c2ccccc2)c2ccccc21. The first-order chi connectivity index (χ1) is 13.1. The third-order valence-corrected chi connectivity index (χ3v) is 4.16. The van der Waals surface area contributed by atoms with Gasteiger partial charge < -0.3 is 15.4 Å². The van der Waals surface area contributed by atoms with Crippen molar-refractivity contribution < 1.29 is 14.7 Å². The molecule has 1 heterocycles. The minimum absolute atomic E-state index is 0.231. The molecule has 2 amide bonds. The summed E-state index contributed by atoms with van der Waals surface area (Å²) >= 11 is 0. The smallest absolute Gasteiger partial charge is 0.273 e. The molecule has 3 aromatic rings. The van der Waals surface area contributed by atoms with Crippen LogP contribution in [0.25, 0.3) is 10.9 Å². The van der Waals surface area contributed by atoms with Crippen LogP contribution in [-0.2, 0) is 16.1 Å². The van der Waals surface area contributed by atoms with Crippen LogP contribution in [-0.4, -0.2) is 27.7 Å². The van der Waals surface area contributed by atoms with E-state index in [4.69, 9.17) is 5.73 Å². The molecule has 2 aromatic carbocycles. The number of hydrogen-bond acceptors (Lipinski definition) is 4. The maximum atomic E-state index is 12.0. The fourth-order valence-electron chi connectivity index (χ4n) is 2.81. The second kappa shape index (κ2) is 8.29. The van der Waals surface area contributed by atoms with Gasteiger partial charge in [-0.25, -0.2) is 5.43 Å². The molecule has 0 fully saturated rings. The molecule has 7 heteroatoms. The summed E-state index contributed by atoms with van der Waals surface area (Å²) in [6.45, 7) is 0.461. The van der Waals surface area contributed by atoms with Crippen LogP contribution in [0.3, 0.4) is 0 Å². The summed E-state index contributed by atoms with van der Waals surface area (Å²) in [6.07, 6.45) is 2.30. The van der Waals surface area contributed by atoms with Gasteiger partial charge in [0.1, 0.15) is 0 Å². The Bertz CT molecular complexity index is 979. The van der Waals surface area contributed by atoms with Gasteiger partial charge in [0.2, 0.25) is 5.91 Å². The highest BCUT2D eigenvalue weighted by Crippen LogP contribution is 2.20. The second-order valence-corrected chi connectivity index (χ2v) is 6.06. The Morgan fingerprint density at radius 1 is 1.15 bits per heavy atom. The Morgan fingerprint density at radius 2 is 1.85 bits per heavy atom. The fourth-order valence-corrected chi connectivity index (χ4v) is 2.81. The number of aliphatic hydroxyl groups excluding tert-OH is 1. The van der Waals surface area contributed by atoms with Crippen molar-refractivity contribution in [3.05, 3.63) is 71.9 Å². The van der Waals surface area contributed by atoms with Crippen molar-refractivity contribution >= 4 is 28.9 Å². The first-order valence-corrected chi connectivity index (χ1v) is 8.48. The quantitative estimate of drug-likeness (QED) is 0.438. The van der Waals surface area contributed by atoms with Crippen molar-refractivity contribution in [1.29, 1.82) is 0 Å². The molecule has 27 heavy (non-hydrogen) atoms. The molecule has 138 valence electrons. The molecule has 0 saturated carbocycles. The molecule has 0 radical (unpaired) electrons. The standard InChI is InChI=1S/C20H20N4O3/c21-18(25)10-11-24-13-15(16-8-4-5-9-17(16)24)12-22-23-20(27)19(26)14-6-2-1-3-7-14/h1-9,12-13,19,26H,10-11H2,(H2,21,25)(H,23,27)/b22-12-/t19-/m1/s1. The van der Waals surface area contributed by atoms with Crippen LogP contribution >= 0.6 is 0 Å². The van der Waals surface area contributed by atoms with E-state index in [-0.39, 0.29) is 12.3 Å². The van der Waals surface area contributed by atoms with Crippen LogP contribution in [0, 0.1) is 0 Å². The van der Waals surface area contributed by atoms with Gasteiger partial charge in [-0.05, 0) is 11.6 Å². The number of aliphatic hydroxyl groups is 1. The molecule has 7 nitrogen and oxygen atoms in total. The van der Waals surface area contributed by atoms with Gasteiger partial charge in [-0.15, -0.1) is 0 Å². The molecule has 3 rings (SSSR count). The van der Waals surface area contributed by atoms with E-state index in [1.807, 2.05) is 35.0 Å². The highest BCUT2D eigenvalue weighted by Gasteiger charge is 2.16. The number of nitrogens with zero attached hydrogens (tertiary/aromatic N) is 2. The molecule has 0 saturated heterocycles. The highest BCUT2D eigenvalue weighted by molar-refractivity contribution is 5.99. The summed E-state index contributed by atoms with van der Waals surface area (Å²) in [7, 11) is 0. The summed E-state index contributed by atoms with van der Waals surface area (Å²) in [5.74, 6) is -0.986. The third-order valence-electron chi connectivity index (χ3n) is 4.16. The van der Waals surface area contributed by atoms with Crippen molar-refractivity contribution in [2.75, 3.05) is 0 Å². The number of fused-ring (bicyclic) bond motifs is 1. The molecule has 0 aliphatic carbocycles. The Hall–Kier alpha value is -3.45. The first-order valence-electron chi connectivity index (χ1n) is 8.48. The largest absolute Gasteiger partial charge is 0.378 e. The number of amides is 2. The average Bonchev–Trinajstić information content (AvgIpc) is 3.04. The molecular weight excluding hydrogens is 344 g/mol. The number of primary amides is 1. The van der Waals surface area contributed by atoms with Crippen molar-refractivity contribution in [3.63, 3.8) is 0 Å². The molecule has 4 N–H and O–H groups in total. The lowest BCUT2D eigenvalue weighted by Gasteiger charge is -2.08. The normalized spacial score (nSPS) is 12.3. The van der Waals surface area contributed by atoms with Crippen LogP contribution < -0.4 is 11.2 Å². The number of aryl methyl sites for hydroxylation is 1. The second-order valence-electron chi connectivity index (χ2n) is 6.06. The summed E-state index contributed by atoms with van der Waals surface area (Å²) in [6, 6.07) is 16.3. The predicted molar refractivity (Wildman–Crippen MR) is 103 cm³/mol. The van der Waals surface area contributed by atoms with Crippen molar-refractivity contribution in [2.24, 2.45) is 10.8 Å². The minimum atomic E-state index is -1.29. The number of nitrogens with one attached hydrogen (secondary N) is 1. The van der Waals surface area contributed by atoms with E-state index >= 15 is 0 Å². The molecule has 0 bridgehead atoms. The lowest BCUT2D eigenvalue weighted by molar-refractivity contribution is -0.129. The Morgan fingerprint density at radius 3 is 2.59 bits per heavy atom. The van der Waals surface area contributed by atoms with Crippen molar-refractivity contribution in [2.45, 2.75) is 19.1 Å². The first kappa shape index (κ1) is 18.3. The molecule has 0 unspecified atom stereocenters. The highest BCUT2D eigenvalue weighted by atomic mass is 16.3. The topological polar surface area (TPSA) is 110 Å². The van der Waals surface area contributed by atoms with Crippen molar-refractivity contribution in [3.8, 4) is 0 Å².